The Hall–Kier alpha value is -1.82. The summed E-state index contributed by atoms with van der Waals surface area (Å²) in [5.74, 6) is 1.85. The van der Waals surface area contributed by atoms with E-state index in [9.17, 15) is 5.11 Å². The molecule has 24 heavy (non-hydrogen) atoms. The topological polar surface area (TPSA) is 63.7 Å². The fourth-order valence-corrected chi connectivity index (χ4v) is 3.38. The Balaban J connectivity index is 1.43. The minimum atomic E-state index is -0.476. The van der Waals surface area contributed by atoms with Gasteiger partial charge >= 0.3 is 0 Å². The van der Waals surface area contributed by atoms with Crippen molar-refractivity contribution in [2.24, 2.45) is 0 Å². The molecule has 1 aromatic heterocycles. The van der Waals surface area contributed by atoms with Crippen molar-refractivity contribution >= 4 is 0 Å². The molecule has 130 valence electrons. The van der Waals surface area contributed by atoms with Crippen LogP contribution in [-0.4, -0.2) is 44.0 Å². The summed E-state index contributed by atoms with van der Waals surface area (Å²) >= 11 is 0. The molecule has 1 fully saturated rings. The summed E-state index contributed by atoms with van der Waals surface area (Å²) in [6.45, 7) is 4.29. The van der Waals surface area contributed by atoms with Gasteiger partial charge in [0.2, 0.25) is 0 Å². The van der Waals surface area contributed by atoms with Gasteiger partial charge in [-0.2, -0.15) is 0 Å². The summed E-state index contributed by atoms with van der Waals surface area (Å²) in [5.41, 5.74) is 0. The standard InChI is InChI=1S/C19H26N2O3/c22-16(15-24-17-7-2-1-3-8-17)13-20-14-18(19-9-6-12-23-19)21-10-4-5-11-21/h1-3,6-9,12,16,18,20,22H,4-5,10-11,13-15H2/p+2/t16-,18-/m0/s1. The normalized spacial score (nSPS) is 17.7. The van der Waals surface area contributed by atoms with E-state index in [2.05, 4.69) is 11.4 Å². The van der Waals surface area contributed by atoms with E-state index in [1.807, 2.05) is 36.4 Å². The number of para-hydroxylation sites is 1. The first kappa shape index (κ1) is 17.0. The van der Waals surface area contributed by atoms with E-state index >= 15 is 0 Å². The van der Waals surface area contributed by atoms with Crippen LogP contribution in [0.2, 0.25) is 0 Å². The lowest BCUT2D eigenvalue weighted by atomic mass is 10.2. The van der Waals surface area contributed by atoms with Crippen LogP contribution in [0, 0.1) is 0 Å². The smallest absolute Gasteiger partial charge is 0.195 e. The number of nitrogens with two attached hydrogens (primary N) is 1. The van der Waals surface area contributed by atoms with Gasteiger partial charge in [0.1, 0.15) is 31.5 Å². The number of furan rings is 1. The minimum absolute atomic E-state index is 0.322. The molecule has 3 rings (SSSR count). The molecule has 1 aromatic carbocycles. The number of aliphatic hydroxyl groups excluding tert-OH is 1. The van der Waals surface area contributed by atoms with Crippen molar-refractivity contribution in [3.05, 3.63) is 54.5 Å². The monoisotopic (exact) mass is 332 g/mol. The van der Waals surface area contributed by atoms with Crippen molar-refractivity contribution in [1.29, 1.82) is 0 Å². The van der Waals surface area contributed by atoms with Gasteiger partial charge in [-0.1, -0.05) is 18.2 Å². The van der Waals surface area contributed by atoms with Crippen molar-refractivity contribution in [3.8, 4) is 5.75 Å². The van der Waals surface area contributed by atoms with E-state index < -0.39 is 6.10 Å². The van der Waals surface area contributed by atoms with Crippen molar-refractivity contribution in [2.45, 2.75) is 25.0 Å². The third-order valence-electron chi connectivity index (χ3n) is 4.65. The zero-order chi connectivity index (χ0) is 16.6. The van der Waals surface area contributed by atoms with Crippen molar-refractivity contribution in [3.63, 3.8) is 0 Å². The molecule has 1 aliphatic heterocycles. The quantitative estimate of drug-likeness (QED) is 0.606. The van der Waals surface area contributed by atoms with Crippen LogP contribution in [0.4, 0.5) is 0 Å². The highest BCUT2D eigenvalue weighted by atomic mass is 16.5. The van der Waals surface area contributed by atoms with Crippen LogP contribution in [0.1, 0.15) is 24.6 Å². The van der Waals surface area contributed by atoms with E-state index in [-0.39, 0.29) is 0 Å². The minimum Gasteiger partial charge on any atom is -0.491 e. The fourth-order valence-electron chi connectivity index (χ4n) is 3.38. The van der Waals surface area contributed by atoms with Crippen LogP contribution >= 0.6 is 0 Å². The Bertz CT molecular complexity index is 568. The maximum atomic E-state index is 10.1. The zero-order valence-corrected chi connectivity index (χ0v) is 14.1. The summed E-state index contributed by atoms with van der Waals surface area (Å²) in [6.07, 6.45) is 3.86. The lowest BCUT2D eigenvalue weighted by molar-refractivity contribution is -0.935. The number of aliphatic hydroxyl groups is 1. The average Bonchev–Trinajstić information content (AvgIpc) is 3.31. The predicted octanol–water partition coefficient (Wildman–Crippen LogP) is 0.00270. The number of ether oxygens (including phenoxy) is 1. The zero-order valence-electron chi connectivity index (χ0n) is 14.1. The summed E-state index contributed by atoms with van der Waals surface area (Å²) in [6, 6.07) is 14.0. The molecular formula is C19H28N2O3+2. The van der Waals surface area contributed by atoms with Gasteiger partial charge in [0.25, 0.3) is 0 Å². The van der Waals surface area contributed by atoms with Crippen LogP contribution in [0.15, 0.2) is 53.1 Å². The van der Waals surface area contributed by atoms with Gasteiger partial charge < -0.3 is 24.5 Å². The third-order valence-corrected chi connectivity index (χ3v) is 4.65. The maximum Gasteiger partial charge on any atom is 0.195 e. The molecule has 0 spiro atoms. The molecule has 2 aromatic rings. The molecule has 0 unspecified atom stereocenters. The average molecular weight is 332 g/mol. The molecule has 0 bridgehead atoms. The maximum absolute atomic E-state index is 10.1. The van der Waals surface area contributed by atoms with Gasteiger partial charge in [0, 0.05) is 12.8 Å². The Morgan fingerprint density at radius 2 is 1.88 bits per heavy atom. The molecule has 4 N–H and O–H groups in total. The molecular weight excluding hydrogens is 304 g/mol. The molecule has 2 atom stereocenters. The lowest BCUT2D eigenvalue weighted by Gasteiger charge is -2.22. The number of rotatable bonds is 9. The van der Waals surface area contributed by atoms with Gasteiger partial charge in [0.15, 0.2) is 11.8 Å². The van der Waals surface area contributed by atoms with Gasteiger partial charge in [-0.25, -0.2) is 0 Å². The van der Waals surface area contributed by atoms with Gasteiger partial charge in [-0.15, -0.1) is 0 Å². The van der Waals surface area contributed by atoms with Crippen molar-refractivity contribution in [2.75, 3.05) is 32.8 Å². The Morgan fingerprint density at radius 3 is 2.58 bits per heavy atom. The Kier molecular flexibility index (Phi) is 6.29. The molecule has 0 saturated carbocycles. The molecule has 1 saturated heterocycles. The van der Waals surface area contributed by atoms with E-state index in [1.165, 1.54) is 25.9 Å². The first-order valence-electron chi connectivity index (χ1n) is 8.88. The van der Waals surface area contributed by atoms with E-state index in [4.69, 9.17) is 9.15 Å². The fraction of sp³-hybridized carbons (Fsp3) is 0.474. The molecule has 1 aliphatic rings. The van der Waals surface area contributed by atoms with Crippen LogP contribution in [0.3, 0.4) is 0 Å². The molecule has 0 amide bonds. The van der Waals surface area contributed by atoms with Crippen molar-refractivity contribution < 1.29 is 24.5 Å². The SMILES string of the molecule is O[C@@H](C[NH2+]C[C@@H](c1ccco1)[NH+]1CCCC1)COc1ccccc1. The highest BCUT2D eigenvalue weighted by Crippen LogP contribution is 2.10. The number of benzene rings is 1. The molecule has 5 heteroatoms. The first-order chi connectivity index (χ1) is 11.8. The molecule has 0 radical (unpaired) electrons. The van der Waals surface area contributed by atoms with Crippen LogP contribution in [-0.2, 0) is 0 Å². The van der Waals surface area contributed by atoms with Crippen molar-refractivity contribution in [1.82, 2.24) is 0 Å². The Labute approximate surface area is 143 Å². The lowest BCUT2D eigenvalue weighted by Crippen LogP contribution is -3.13. The summed E-state index contributed by atoms with van der Waals surface area (Å²) in [5, 5.41) is 12.3. The first-order valence-corrected chi connectivity index (χ1v) is 8.88. The summed E-state index contributed by atoms with van der Waals surface area (Å²) < 4.78 is 11.2. The molecule has 2 heterocycles. The van der Waals surface area contributed by atoms with Gasteiger partial charge in [-0.05, 0) is 24.3 Å². The van der Waals surface area contributed by atoms with E-state index in [1.54, 1.807) is 11.2 Å². The Morgan fingerprint density at radius 1 is 1.08 bits per heavy atom. The second kappa shape index (κ2) is 8.87. The van der Waals surface area contributed by atoms with E-state index in [0.717, 1.165) is 18.1 Å². The highest BCUT2D eigenvalue weighted by molar-refractivity contribution is 5.20. The highest BCUT2D eigenvalue weighted by Gasteiger charge is 2.31. The number of hydrogen-bond acceptors (Lipinski definition) is 3. The van der Waals surface area contributed by atoms with Crippen LogP contribution in [0.5, 0.6) is 5.75 Å². The summed E-state index contributed by atoms with van der Waals surface area (Å²) in [4.78, 5) is 1.59. The molecule has 5 nitrogen and oxygen atoms in total. The summed E-state index contributed by atoms with van der Waals surface area (Å²) in [7, 11) is 0. The van der Waals surface area contributed by atoms with Gasteiger partial charge in [0.05, 0.1) is 19.4 Å². The second-order valence-corrected chi connectivity index (χ2v) is 6.47. The van der Waals surface area contributed by atoms with E-state index in [0.29, 0.717) is 19.2 Å². The third kappa shape index (κ3) is 4.84. The predicted molar refractivity (Wildman–Crippen MR) is 91.0 cm³/mol. The largest absolute Gasteiger partial charge is 0.491 e. The second-order valence-electron chi connectivity index (χ2n) is 6.47. The van der Waals surface area contributed by atoms with Gasteiger partial charge in [-0.3, -0.25) is 0 Å². The molecule has 0 aliphatic carbocycles. The van der Waals surface area contributed by atoms with Crippen LogP contribution in [0.25, 0.3) is 0 Å². The number of nitrogens with one attached hydrogen (secondary N) is 1. The number of hydrogen-bond donors (Lipinski definition) is 3. The van der Waals surface area contributed by atoms with Crippen LogP contribution < -0.4 is 15.0 Å². The number of quaternary nitrogens is 2. The number of likely N-dealkylation sites (tertiary alicyclic amines) is 1.